The van der Waals surface area contributed by atoms with E-state index in [1.807, 2.05) is 20.8 Å². The summed E-state index contributed by atoms with van der Waals surface area (Å²) in [4.78, 5) is 29.3. The maximum absolute atomic E-state index is 14.1. The molecule has 0 N–H and O–H groups in total. The summed E-state index contributed by atoms with van der Waals surface area (Å²) >= 11 is 0. The van der Waals surface area contributed by atoms with Crippen molar-refractivity contribution in [1.82, 2.24) is 9.80 Å². The monoisotopic (exact) mass is 376 g/mol. The van der Waals surface area contributed by atoms with Crippen LogP contribution in [0.2, 0.25) is 0 Å². The number of carbonyl (C=O) groups excluding carboxylic acids is 2. The maximum Gasteiger partial charge on any atom is 0.410 e. The predicted molar refractivity (Wildman–Crippen MR) is 101 cm³/mol. The molecule has 3 rings (SSSR count). The van der Waals surface area contributed by atoms with E-state index >= 15 is 0 Å². The van der Waals surface area contributed by atoms with E-state index in [-0.39, 0.29) is 24.3 Å². The first kappa shape index (κ1) is 19.6. The first-order valence-electron chi connectivity index (χ1n) is 9.80. The number of ether oxygens (including phenoxy) is 1. The normalized spacial score (nSPS) is 20.3. The lowest BCUT2D eigenvalue weighted by atomic mass is 10.0. The van der Waals surface area contributed by atoms with Gasteiger partial charge < -0.3 is 9.64 Å². The second-order valence-corrected chi connectivity index (χ2v) is 8.47. The number of piperidine rings is 1. The number of likely N-dealkylation sites (tertiary alicyclic amines) is 1. The molecule has 6 heteroatoms. The summed E-state index contributed by atoms with van der Waals surface area (Å²) < 4.78 is 19.6. The highest BCUT2D eigenvalue weighted by Gasteiger charge is 2.41. The summed E-state index contributed by atoms with van der Waals surface area (Å²) in [5, 5.41) is 0. The second-order valence-electron chi connectivity index (χ2n) is 8.47. The molecule has 1 saturated carbocycles. The van der Waals surface area contributed by atoms with Crippen molar-refractivity contribution in [3.8, 4) is 0 Å². The Labute approximate surface area is 160 Å². The molecule has 2 fully saturated rings. The minimum atomic E-state index is -0.606. The molecule has 1 atom stereocenters. The lowest BCUT2D eigenvalue weighted by Crippen LogP contribution is -2.54. The molecule has 27 heavy (non-hydrogen) atoms. The van der Waals surface area contributed by atoms with Crippen LogP contribution in [0.4, 0.5) is 9.18 Å². The molecule has 1 aromatic carbocycles. The predicted octanol–water partition coefficient (Wildman–Crippen LogP) is 4.11. The SMILES string of the molecule is CC(C)(C)OC(=O)N1CCCCC1C(=O)N(Cc1ccccc1F)C1CC1. The van der Waals surface area contributed by atoms with Crippen LogP contribution in [0.3, 0.4) is 0 Å². The Morgan fingerprint density at radius 2 is 1.89 bits per heavy atom. The second kappa shape index (κ2) is 7.87. The van der Waals surface area contributed by atoms with E-state index < -0.39 is 17.7 Å². The van der Waals surface area contributed by atoms with Crippen molar-refractivity contribution in [2.24, 2.45) is 0 Å². The fourth-order valence-electron chi connectivity index (χ4n) is 3.50. The standard InChI is InChI=1S/C21H29FN2O3/c1-21(2,3)27-20(26)23-13-7-6-10-18(23)19(25)24(16-11-12-16)14-15-8-4-5-9-17(15)22/h4-5,8-9,16,18H,6-7,10-14H2,1-3H3. The molecular formula is C21H29FN2O3. The zero-order valence-electron chi connectivity index (χ0n) is 16.4. The van der Waals surface area contributed by atoms with Gasteiger partial charge in [0, 0.05) is 24.7 Å². The number of hydrogen-bond donors (Lipinski definition) is 0. The Kier molecular flexibility index (Phi) is 5.72. The Hall–Kier alpha value is -2.11. The van der Waals surface area contributed by atoms with Gasteiger partial charge in [-0.05, 0) is 58.9 Å². The van der Waals surface area contributed by atoms with Gasteiger partial charge in [0.15, 0.2) is 0 Å². The number of nitrogens with zero attached hydrogens (tertiary/aromatic N) is 2. The van der Waals surface area contributed by atoms with Crippen LogP contribution < -0.4 is 0 Å². The highest BCUT2D eigenvalue weighted by atomic mass is 19.1. The van der Waals surface area contributed by atoms with Crippen molar-refractivity contribution in [2.45, 2.75) is 77.1 Å². The van der Waals surface area contributed by atoms with Gasteiger partial charge in [-0.2, -0.15) is 0 Å². The Bertz CT molecular complexity index is 697. The summed E-state index contributed by atoms with van der Waals surface area (Å²) in [7, 11) is 0. The Morgan fingerprint density at radius 3 is 2.52 bits per heavy atom. The molecule has 0 radical (unpaired) electrons. The van der Waals surface area contributed by atoms with Gasteiger partial charge in [0.1, 0.15) is 17.5 Å². The zero-order chi connectivity index (χ0) is 19.6. The van der Waals surface area contributed by atoms with E-state index in [0.29, 0.717) is 18.5 Å². The number of halogens is 1. The molecule has 2 aliphatic rings. The lowest BCUT2D eigenvalue weighted by molar-refractivity contribution is -0.139. The van der Waals surface area contributed by atoms with E-state index in [4.69, 9.17) is 4.74 Å². The van der Waals surface area contributed by atoms with E-state index in [0.717, 1.165) is 25.7 Å². The topological polar surface area (TPSA) is 49.9 Å². The van der Waals surface area contributed by atoms with Gasteiger partial charge in [-0.3, -0.25) is 9.69 Å². The highest BCUT2D eigenvalue weighted by molar-refractivity contribution is 5.86. The molecule has 5 nitrogen and oxygen atoms in total. The Morgan fingerprint density at radius 1 is 1.19 bits per heavy atom. The summed E-state index contributed by atoms with van der Waals surface area (Å²) in [6, 6.07) is 6.17. The minimum Gasteiger partial charge on any atom is -0.444 e. The third-order valence-corrected chi connectivity index (χ3v) is 4.99. The molecule has 1 aliphatic heterocycles. The van der Waals surface area contributed by atoms with Crippen LogP contribution in [0.5, 0.6) is 0 Å². The van der Waals surface area contributed by atoms with Crippen LogP contribution in [0.15, 0.2) is 24.3 Å². The van der Waals surface area contributed by atoms with E-state index in [9.17, 15) is 14.0 Å². The van der Waals surface area contributed by atoms with Gasteiger partial charge >= 0.3 is 6.09 Å². The average Bonchev–Trinajstić information content (AvgIpc) is 3.44. The number of carbonyl (C=O) groups is 2. The van der Waals surface area contributed by atoms with Crippen LogP contribution in [0.1, 0.15) is 58.4 Å². The minimum absolute atomic E-state index is 0.0914. The van der Waals surface area contributed by atoms with Gasteiger partial charge in [0.2, 0.25) is 5.91 Å². The molecule has 1 aliphatic carbocycles. The van der Waals surface area contributed by atoms with Gasteiger partial charge in [-0.1, -0.05) is 18.2 Å². The summed E-state index contributed by atoms with van der Waals surface area (Å²) in [5.74, 6) is -0.394. The molecule has 1 heterocycles. The number of hydrogen-bond acceptors (Lipinski definition) is 3. The van der Waals surface area contributed by atoms with Crippen LogP contribution in [-0.2, 0) is 16.1 Å². The average molecular weight is 376 g/mol. The van der Waals surface area contributed by atoms with Gasteiger partial charge in [-0.25, -0.2) is 9.18 Å². The quantitative estimate of drug-likeness (QED) is 0.795. The molecule has 2 amide bonds. The van der Waals surface area contributed by atoms with Crippen LogP contribution in [0.25, 0.3) is 0 Å². The largest absolute Gasteiger partial charge is 0.444 e. The fourth-order valence-corrected chi connectivity index (χ4v) is 3.50. The fraction of sp³-hybridized carbons (Fsp3) is 0.619. The van der Waals surface area contributed by atoms with Crippen molar-refractivity contribution in [3.05, 3.63) is 35.6 Å². The van der Waals surface area contributed by atoms with Crippen molar-refractivity contribution < 1.29 is 18.7 Å². The van der Waals surface area contributed by atoms with Crippen molar-refractivity contribution >= 4 is 12.0 Å². The smallest absolute Gasteiger partial charge is 0.410 e. The van der Waals surface area contributed by atoms with Crippen molar-refractivity contribution in [3.63, 3.8) is 0 Å². The van der Waals surface area contributed by atoms with E-state index in [1.54, 1.807) is 28.0 Å². The van der Waals surface area contributed by atoms with Gasteiger partial charge in [-0.15, -0.1) is 0 Å². The maximum atomic E-state index is 14.1. The summed E-state index contributed by atoms with van der Waals surface area (Å²) in [5.41, 5.74) is -0.0942. The summed E-state index contributed by atoms with van der Waals surface area (Å²) in [6.45, 7) is 6.22. The van der Waals surface area contributed by atoms with Crippen molar-refractivity contribution in [2.75, 3.05) is 6.54 Å². The number of rotatable bonds is 4. The van der Waals surface area contributed by atoms with Gasteiger partial charge in [0.25, 0.3) is 0 Å². The van der Waals surface area contributed by atoms with E-state index in [1.165, 1.54) is 6.07 Å². The number of amides is 2. The third kappa shape index (κ3) is 4.99. The first-order chi connectivity index (χ1) is 12.8. The van der Waals surface area contributed by atoms with Crippen LogP contribution >= 0.6 is 0 Å². The first-order valence-corrected chi connectivity index (χ1v) is 9.80. The Balaban J connectivity index is 1.77. The molecule has 1 unspecified atom stereocenters. The van der Waals surface area contributed by atoms with Gasteiger partial charge in [0.05, 0.1) is 0 Å². The summed E-state index contributed by atoms with van der Waals surface area (Å²) in [6.07, 6.45) is 3.80. The van der Waals surface area contributed by atoms with Crippen LogP contribution in [-0.4, -0.2) is 46.0 Å². The third-order valence-electron chi connectivity index (χ3n) is 4.99. The highest BCUT2D eigenvalue weighted by Crippen LogP contribution is 2.32. The zero-order valence-corrected chi connectivity index (χ0v) is 16.4. The van der Waals surface area contributed by atoms with E-state index in [2.05, 4.69) is 0 Å². The van der Waals surface area contributed by atoms with Crippen molar-refractivity contribution in [1.29, 1.82) is 0 Å². The molecule has 1 aromatic rings. The lowest BCUT2D eigenvalue weighted by Gasteiger charge is -2.38. The number of benzene rings is 1. The molecular weight excluding hydrogens is 347 g/mol. The molecule has 0 spiro atoms. The van der Waals surface area contributed by atoms with Crippen LogP contribution in [0, 0.1) is 5.82 Å². The molecule has 0 aromatic heterocycles. The molecule has 0 bridgehead atoms. The molecule has 148 valence electrons. The molecule has 1 saturated heterocycles.